The van der Waals surface area contributed by atoms with Crippen LogP contribution in [-0.4, -0.2) is 46.9 Å². The highest BCUT2D eigenvalue weighted by molar-refractivity contribution is 5.77. The van der Waals surface area contributed by atoms with Gasteiger partial charge >= 0.3 is 5.97 Å². The molecule has 0 saturated heterocycles. The molecule has 0 saturated carbocycles. The zero-order valence-corrected chi connectivity index (χ0v) is 39.7. The van der Waals surface area contributed by atoms with Crippen molar-refractivity contribution in [2.75, 3.05) is 6.61 Å². The minimum atomic E-state index is -0.792. The van der Waals surface area contributed by atoms with Crippen LogP contribution in [0.15, 0.2) is 24.3 Å². The van der Waals surface area contributed by atoms with E-state index in [-0.39, 0.29) is 24.9 Å². The normalized spacial score (nSPS) is 13.4. The second kappa shape index (κ2) is 47.4. The van der Waals surface area contributed by atoms with Gasteiger partial charge in [-0.2, -0.15) is 0 Å². The molecule has 0 aliphatic carbocycles. The van der Waals surface area contributed by atoms with Crippen LogP contribution < -0.4 is 5.32 Å². The number of nitrogens with one attached hydrogen (secondary N) is 1. The maximum atomic E-state index is 13.2. The second-order valence-electron chi connectivity index (χ2n) is 17.9. The minimum Gasteiger partial charge on any atom is -0.462 e. The quantitative estimate of drug-likeness (QED) is 0.0322. The Balaban J connectivity index is 4.49. The van der Waals surface area contributed by atoms with Crippen molar-refractivity contribution in [2.24, 2.45) is 0 Å². The topological polar surface area (TPSA) is 95.9 Å². The van der Waals surface area contributed by atoms with Crippen LogP contribution in [0.2, 0.25) is 0 Å². The molecule has 0 fully saturated rings. The van der Waals surface area contributed by atoms with Crippen molar-refractivity contribution < 1.29 is 24.5 Å². The van der Waals surface area contributed by atoms with Gasteiger partial charge in [0.15, 0.2) is 0 Å². The highest BCUT2D eigenvalue weighted by Crippen LogP contribution is 2.18. The van der Waals surface area contributed by atoms with Gasteiger partial charge in [-0.25, -0.2) is 0 Å². The van der Waals surface area contributed by atoms with Crippen LogP contribution in [0, 0.1) is 0 Å². The summed E-state index contributed by atoms with van der Waals surface area (Å²) in [6.07, 6.45) is 53.9. The van der Waals surface area contributed by atoms with E-state index in [0.29, 0.717) is 19.3 Å². The van der Waals surface area contributed by atoms with Crippen LogP contribution >= 0.6 is 0 Å². The first-order valence-electron chi connectivity index (χ1n) is 26.1. The van der Waals surface area contributed by atoms with Crippen molar-refractivity contribution in [3.63, 3.8) is 0 Å². The standard InChI is InChI=1S/C53H101NO5/c1-4-7-10-13-16-19-22-24-25-26-27-28-31-33-36-39-42-45-51(56)50(48-55)54-52(57)47-49(44-41-38-35-32-30-23-20-17-14-11-8-5-2)59-53(58)46-43-40-37-34-29-21-18-15-12-9-6-3/h15,18,32,35,49-51,55-56H,4-14,16-17,19-31,33-34,36-48H2,1-3H3,(H,54,57)/b18-15-,35-32-. The van der Waals surface area contributed by atoms with E-state index in [1.54, 1.807) is 0 Å². The van der Waals surface area contributed by atoms with Gasteiger partial charge in [-0.3, -0.25) is 9.59 Å². The smallest absolute Gasteiger partial charge is 0.306 e. The Labute approximate surface area is 367 Å². The average Bonchev–Trinajstić information content (AvgIpc) is 3.23. The number of esters is 1. The fourth-order valence-corrected chi connectivity index (χ4v) is 8.00. The summed E-state index contributed by atoms with van der Waals surface area (Å²) in [6, 6.07) is -0.707. The van der Waals surface area contributed by atoms with E-state index >= 15 is 0 Å². The molecule has 6 nitrogen and oxygen atoms in total. The summed E-state index contributed by atoms with van der Waals surface area (Å²) in [7, 11) is 0. The van der Waals surface area contributed by atoms with Gasteiger partial charge in [-0.05, 0) is 64.2 Å². The molecule has 0 aromatic rings. The van der Waals surface area contributed by atoms with Gasteiger partial charge in [0.25, 0.3) is 0 Å². The van der Waals surface area contributed by atoms with Gasteiger partial charge in [-0.15, -0.1) is 0 Å². The van der Waals surface area contributed by atoms with Gasteiger partial charge in [0.2, 0.25) is 5.91 Å². The van der Waals surface area contributed by atoms with Crippen molar-refractivity contribution in [3.05, 3.63) is 24.3 Å². The molecule has 0 aliphatic heterocycles. The second-order valence-corrected chi connectivity index (χ2v) is 17.9. The number of carbonyl (C=O) groups excluding carboxylic acids is 2. The number of amides is 1. The predicted octanol–water partition coefficient (Wildman–Crippen LogP) is 15.5. The Morgan fingerprint density at radius 3 is 1.29 bits per heavy atom. The molecule has 348 valence electrons. The molecule has 0 aromatic heterocycles. The summed E-state index contributed by atoms with van der Waals surface area (Å²) >= 11 is 0. The van der Waals surface area contributed by atoms with E-state index in [0.717, 1.165) is 57.8 Å². The van der Waals surface area contributed by atoms with E-state index in [2.05, 4.69) is 50.4 Å². The van der Waals surface area contributed by atoms with E-state index in [1.807, 2.05) is 0 Å². The van der Waals surface area contributed by atoms with E-state index < -0.39 is 18.2 Å². The minimum absolute atomic E-state index is 0.0571. The molecule has 1 amide bonds. The van der Waals surface area contributed by atoms with Crippen molar-refractivity contribution in [3.8, 4) is 0 Å². The number of hydrogen-bond donors (Lipinski definition) is 3. The van der Waals surface area contributed by atoms with Crippen LogP contribution in [0.1, 0.15) is 278 Å². The Hall–Kier alpha value is -1.66. The van der Waals surface area contributed by atoms with E-state index in [4.69, 9.17) is 4.74 Å². The van der Waals surface area contributed by atoms with Crippen molar-refractivity contribution in [2.45, 2.75) is 296 Å². The summed E-state index contributed by atoms with van der Waals surface area (Å²) in [5, 5.41) is 23.8. The SMILES string of the molecule is CCCC/C=C\CCCCCCCC(=O)OC(CCC/C=C\CCCCCCCCC)CC(=O)NC(CO)C(O)CCCCCCCCCCCCCCCCCCC. The van der Waals surface area contributed by atoms with Crippen LogP contribution in [0.4, 0.5) is 0 Å². The first-order chi connectivity index (χ1) is 29.0. The number of ether oxygens (including phenoxy) is 1. The van der Waals surface area contributed by atoms with E-state index in [9.17, 15) is 19.8 Å². The summed E-state index contributed by atoms with van der Waals surface area (Å²) in [5.74, 6) is -0.504. The first-order valence-corrected chi connectivity index (χ1v) is 26.1. The molecular formula is C53H101NO5. The number of hydrogen-bond acceptors (Lipinski definition) is 5. The third kappa shape index (κ3) is 42.8. The summed E-state index contributed by atoms with van der Waals surface area (Å²) in [5.41, 5.74) is 0. The lowest BCUT2D eigenvalue weighted by Crippen LogP contribution is -2.46. The Morgan fingerprint density at radius 1 is 0.475 bits per heavy atom. The predicted molar refractivity (Wildman–Crippen MR) is 255 cm³/mol. The Kier molecular flexibility index (Phi) is 46.1. The molecule has 3 N–H and O–H groups in total. The Morgan fingerprint density at radius 2 is 0.847 bits per heavy atom. The first kappa shape index (κ1) is 57.3. The molecule has 0 heterocycles. The average molecular weight is 832 g/mol. The maximum absolute atomic E-state index is 13.2. The van der Waals surface area contributed by atoms with Crippen LogP contribution in [0.3, 0.4) is 0 Å². The summed E-state index contributed by atoms with van der Waals surface area (Å²) < 4.78 is 5.90. The van der Waals surface area contributed by atoms with Crippen molar-refractivity contribution in [1.82, 2.24) is 5.32 Å². The fourth-order valence-electron chi connectivity index (χ4n) is 8.00. The Bertz CT molecular complexity index is 935. The monoisotopic (exact) mass is 832 g/mol. The lowest BCUT2D eigenvalue weighted by molar-refractivity contribution is -0.151. The maximum Gasteiger partial charge on any atom is 0.306 e. The van der Waals surface area contributed by atoms with E-state index in [1.165, 1.54) is 173 Å². The van der Waals surface area contributed by atoms with Gasteiger partial charge < -0.3 is 20.3 Å². The fraction of sp³-hybridized carbons (Fsp3) is 0.887. The molecule has 0 spiro atoms. The van der Waals surface area contributed by atoms with Gasteiger partial charge in [0.1, 0.15) is 6.10 Å². The number of aliphatic hydroxyl groups is 2. The summed E-state index contributed by atoms with van der Waals surface area (Å²) in [4.78, 5) is 26.1. The number of rotatable bonds is 47. The number of aliphatic hydroxyl groups excluding tert-OH is 2. The molecule has 0 aliphatic rings. The van der Waals surface area contributed by atoms with Crippen LogP contribution in [0.25, 0.3) is 0 Å². The third-order valence-corrected chi connectivity index (χ3v) is 12.0. The van der Waals surface area contributed by atoms with Crippen molar-refractivity contribution in [1.29, 1.82) is 0 Å². The van der Waals surface area contributed by atoms with Crippen LogP contribution in [-0.2, 0) is 14.3 Å². The molecule has 3 atom stereocenters. The molecule has 0 rings (SSSR count). The summed E-state index contributed by atoms with van der Waals surface area (Å²) in [6.45, 7) is 6.45. The highest BCUT2D eigenvalue weighted by Gasteiger charge is 2.24. The lowest BCUT2D eigenvalue weighted by atomic mass is 10.0. The molecule has 6 heteroatoms. The zero-order valence-electron chi connectivity index (χ0n) is 39.7. The number of allylic oxidation sites excluding steroid dienone is 4. The lowest BCUT2D eigenvalue weighted by Gasteiger charge is -2.24. The molecular weight excluding hydrogens is 731 g/mol. The molecule has 59 heavy (non-hydrogen) atoms. The van der Waals surface area contributed by atoms with Gasteiger partial charge in [0, 0.05) is 6.42 Å². The molecule has 0 bridgehead atoms. The number of carbonyl (C=O) groups is 2. The highest BCUT2D eigenvalue weighted by atomic mass is 16.5. The molecule has 0 radical (unpaired) electrons. The zero-order chi connectivity index (χ0) is 43.1. The van der Waals surface area contributed by atoms with Gasteiger partial charge in [0.05, 0.1) is 25.2 Å². The molecule has 3 unspecified atom stereocenters. The number of unbranched alkanes of at least 4 members (excludes halogenated alkanes) is 31. The molecule has 0 aromatic carbocycles. The third-order valence-electron chi connectivity index (χ3n) is 12.0. The van der Waals surface area contributed by atoms with Gasteiger partial charge in [-0.1, -0.05) is 225 Å². The van der Waals surface area contributed by atoms with Crippen molar-refractivity contribution >= 4 is 11.9 Å². The largest absolute Gasteiger partial charge is 0.462 e. The van der Waals surface area contributed by atoms with Crippen LogP contribution in [0.5, 0.6) is 0 Å².